The number of carboxylic acid groups (broad SMARTS) is 1. The van der Waals surface area contributed by atoms with E-state index in [1.54, 1.807) is 33.1 Å². The zero-order chi connectivity index (χ0) is 27.0. The summed E-state index contributed by atoms with van der Waals surface area (Å²) in [6.07, 6.45) is -7.01. The Hall–Kier alpha value is -2.44. The number of carbonyl (C=O) groups is 1. The van der Waals surface area contributed by atoms with Gasteiger partial charge in [0.05, 0.1) is 7.11 Å². The molecule has 2 fully saturated rings. The van der Waals surface area contributed by atoms with Crippen molar-refractivity contribution in [2.75, 3.05) is 21.3 Å². The van der Waals surface area contributed by atoms with Gasteiger partial charge in [-0.05, 0) is 55.2 Å². The average molecular weight is 539 g/mol. The van der Waals surface area contributed by atoms with Crippen LogP contribution in [0.2, 0.25) is 5.02 Å². The summed E-state index contributed by atoms with van der Waals surface area (Å²) < 4.78 is 39.7. The van der Waals surface area contributed by atoms with Gasteiger partial charge >= 0.3 is 6.16 Å². The normalized spacial score (nSPS) is 33.4. The minimum absolute atomic E-state index is 0.518. The van der Waals surface area contributed by atoms with Crippen LogP contribution >= 0.6 is 11.6 Å². The third-order valence-electron chi connectivity index (χ3n) is 7.01. The van der Waals surface area contributed by atoms with Crippen molar-refractivity contribution in [2.24, 2.45) is 0 Å². The lowest BCUT2D eigenvalue weighted by atomic mass is 9.89. The lowest BCUT2D eigenvalue weighted by Crippen LogP contribution is -2.71. The minimum Gasteiger partial charge on any atom is -0.497 e. The smallest absolute Gasteiger partial charge is 0.497 e. The number of hydrogen-bond acceptors (Lipinski definition) is 9. The highest BCUT2D eigenvalue weighted by molar-refractivity contribution is 6.31. The van der Waals surface area contributed by atoms with Crippen molar-refractivity contribution in [3.05, 3.63) is 64.2 Å². The molecule has 0 saturated carbocycles. The van der Waals surface area contributed by atoms with Crippen LogP contribution in [0, 0.1) is 0 Å². The summed E-state index contributed by atoms with van der Waals surface area (Å²) in [4.78, 5) is 11.3. The zero-order valence-corrected chi connectivity index (χ0v) is 21.9. The Morgan fingerprint density at radius 1 is 1.00 bits per heavy atom. The van der Waals surface area contributed by atoms with Gasteiger partial charge in [0.2, 0.25) is 17.9 Å². The molecule has 7 atom stereocenters. The molecule has 0 aliphatic carbocycles. The fourth-order valence-corrected chi connectivity index (χ4v) is 4.81. The predicted molar refractivity (Wildman–Crippen MR) is 131 cm³/mol. The Balaban J connectivity index is 1.71. The Labute approximate surface area is 219 Å². The van der Waals surface area contributed by atoms with Crippen LogP contribution in [0.3, 0.4) is 0 Å². The molecule has 0 spiro atoms. The van der Waals surface area contributed by atoms with Gasteiger partial charge in [-0.1, -0.05) is 35.9 Å². The first-order chi connectivity index (χ1) is 17.5. The van der Waals surface area contributed by atoms with Crippen molar-refractivity contribution in [1.82, 2.24) is 0 Å². The van der Waals surface area contributed by atoms with Gasteiger partial charge < -0.3 is 43.4 Å². The summed E-state index contributed by atoms with van der Waals surface area (Å²) in [6, 6.07) is 12.9. The van der Waals surface area contributed by atoms with Crippen molar-refractivity contribution in [1.29, 1.82) is 0 Å². The molecule has 2 aromatic rings. The number of halogens is 1. The second-order valence-corrected chi connectivity index (χ2v) is 9.55. The summed E-state index contributed by atoms with van der Waals surface area (Å²) in [5, 5.41) is 20.7. The maximum atomic E-state index is 11.3. The summed E-state index contributed by atoms with van der Waals surface area (Å²) >= 11 is 6.53. The van der Waals surface area contributed by atoms with Crippen LogP contribution in [0.25, 0.3) is 0 Å². The molecule has 6 unspecified atom stereocenters. The van der Waals surface area contributed by atoms with E-state index in [2.05, 4.69) is 0 Å². The summed E-state index contributed by atoms with van der Waals surface area (Å²) in [5.74, 6) is -2.07. The average Bonchev–Trinajstić information content (AvgIpc) is 2.88. The molecule has 2 aliphatic rings. The number of hydrogen-bond donors (Lipinski definition) is 2. The van der Waals surface area contributed by atoms with Crippen LogP contribution in [-0.4, -0.2) is 73.9 Å². The van der Waals surface area contributed by atoms with Gasteiger partial charge in [-0.15, -0.1) is 0 Å². The number of benzene rings is 2. The highest BCUT2D eigenvalue weighted by Gasteiger charge is 2.63. The Morgan fingerprint density at radius 2 is 1.62 bits per heavy atom. The monoisotopic (exact) mass is 538 g/mol. The largest absolute Gasteiger partial charge is 0.508 e. The van der Waals surface area contributed by atoms with E-state index in [-0.39, 0.29) is 0 Å². The molecule has 2 heterocycles. The number of fused-ring (bicyclic) bond motifs is 1. The molecular weight excluding hydrogens is 508 g/mol. The first kappa shape index (κ1) is 27.6. The molecule has 10 nitrogen and oxygen atoms in total. The van der Waals surface area contributed by atoms with Gasteiger partial charge in [0.15, 0.2) is 0 Å². The van der Waals surface area contributed by atoms with Crippen molar-refractivity contribution < 1.29 is 48.2 Å². The molecule has 2 saturated heterocycles. The number of aliphatic hydroxyl groups is 1. The number of rotatable bonds is 7. The van der Waals surface area contributed by atoms with E-state index < -0.39 is 48.4 Å². The third kappa shape index (κ3) is 5.28. The van der Waals surface area contributed by atoms with Gasteiger partial charge in [-0.2, -0.15) is 0 Å². The standard InChI is InChI=1S/C26H31ClO10/c1-25(32-4)26(2,33-5)37-22-20(34-23(35-24(29)30)19(28)21(22)36-25)15-8-11-18(27)16(13-15)12-14-6-9-17(31-3)10-7-14/h6-11,13,19-23,28H,12H2,1-5H3,(H,29,30)/t19?,20?,21?,22?,23?,25-,26?/m1/s1. The fraction of sp³-hybridized carbons (Fsp3) is 0.500. The van der Waals surface area contributed by atoms with Gasteiger partial charge in [0.25, 0.3) is 0 Å². The van der Waals surface area contributed by atoms with Crippen LogP contribution in [-0.2, 0) is 34.8 Å². The van der Waals surface area contributed by atoms with Crippen molar-refractivity contribution in [2.45, 2.75) is 62.5 Å². The zero-order valence-electron chi connectivity index (χ0n) is 21.2. The van der Waals surface area contributed by atoms with Gasteiger partial charge in [0, 0.05) is 19.2 Å². The molecule has 0 radical (unpaired) electrons. The molecule has 2 aliphatic heterocycles. The third-order valence-corrected chi connectivity index (χ3v) is 7.38. The summed E-state index contributed by atoms with van der Waals surface area (Å²) in [6.45, 7) is 3.25. The highest BCUT2D eigenvalue weighted by Crippen LogP contribution is 2.47. The van der Waals surface area contributed by atoms with E-state index >= 15 is 0 Å². The lowest BCUT2D eigenvalue weighted by Gasteiger charge is -2.56. The predicted octanol–water partition coefficient (Wildman–Crippen LogP) is 3.90. The van der Waals surface area contributed by atoms with E-state index in [0.29, 0.717) is 17.0 Å². The lowest BCUT2D eigenvalue weighted by molar-refractivity contribution is -0.478. The van der Waals surface area contributed by atoms with Crippen molar-refractivity contribution in [3.8, 4) is 5.75 Å². The maximum absolute atomic E-state index is 11.3. The van der Waals surface area contributed by atoms with Gasteiger partial charge in [-0.25, -0.2) is 4.79 Å². The topological polar surface area (TPSA) is 122 Å². The SMILES string of the molecule is COc1ccc(Cc2cc(C3OC(OC(=O)O)C(O)C4O[C@@](C)(OC)C(C)(OC)OC34)ccc2Cl)cc1. The van der Waals surface area contributed by atoms with Crippen LogP contribution in [0.5, 0.6) is 5.75 Å². The minimum atomic E-state index is -1.61. The van der Waals surface area contributed by atoms with Crippen molar-refractivity contribution >= 4 is 17.8 Å². The number of methoxy groups -OCH3 is 3. The molecule has 11 heteroatoms. The molecular formula is C26H31ClO10. The Bertz CT molecular complexity index is 1110. The summed E-state index contributed by atoms with van der Waals surface area (Å²) in [7, 11) is 4.47. The molecule has 37 heavy (non-hydrogen) atoms. The van der Waals surface area contributed by atoms with Crippen LogP contribution in [0.1, 0.15) is 36.6 Å². The van der Waals surface area contributed by atoms with Crippen LogP contribution in [0.15, 0.2) is 42.5 Å². The van der Waals surface area contributed by atoms with E-state index in [1.165, 1.54) is 14.2 Å². The number of aliphatic hydroxyl groups excluding tert-OH is 1. The first-order valence-electron chi connectivity index (χ1n) is 11.6. The van der Waals surface area contributed by atoms with E-state index in [1.807, 2.05) is 30.3 Å². The van der Waals surface area contributed by atoms with E-state index in [0.717, 1.165) is 16.9 Å². The van der Waals surface area contributed by atoms with E-state index in [9.17, 15) is 15.0 Å². The molecule has 0 bridgehead atoms. The highest BCUT2D eigenvalue weighted by atomic mass is 35.5. The Morgan fingerprint density at radius 3 is 2.19 bits per heavy atom. The van der Waals surface area contributed by atoms with Crippen LogP contribution in [0.4, 0.5) is 4.79 Å². The van der Waals surface area contributed by atoms with E-state index in [4.69, 9.17) is 44.8 Å². The molecule has 0 aromatic heterocycles. The molecule has 4 rings (SSSR count). The summed E-state index contributed by atoms with van der Waals surface area (Å²) in [5.41, 5.74) is 2.43. The quantitative estimate of drug-likeness (QED) is 0.502. The molecule has 2 aromatic carbocycles. The second kappa shape index (κ2) is 10.7. The number of ether oxygens (including phenoxy) is 7. The molecule has 0 amide bonds. The van der Waals surface area contributed by atoms with Gasteiger partial charge in [-0.3, -0.25) is 0 Å². The van der Waals surface area contributed by atoms with Crippen molar-refractivity contribution in [3.63, 3.8) is 0 Å². The fourth-order valence-electron chi connectivity index (χ4n) is 4.63. The maximum Gasteiger partial charge on any atom is 0.508 e. The molecule has 202 valence electrons. The Kier molecular flexibility index (Phi) is 8.01. The second-order valence-electron chi connectivity index (χ2n) is 9.14. The molecule has 2 N–H and O–H groups in total. The van der Waals surface area contributed by atoms with Crippen LogP contribution < -0.4 is 4.74 Å². The van der Waals surface area contributed by atoms with Gasteiger partial charge in [0.1, 0.15) is 30.2 Å². The first-order valence-corrected chi connectivity index (χ1v) is 12.0.